The first-order valence-corrected chi connectivity index (χ1v) is 10.3. The van der Waals surface area contributed by atoms with Gasteiger partial charge in [-0.25, -0.2) is 4.98 Å². The van der Waals surface area contributed by atoms with Crippen molar-refractivity contribution in [2.75, 3.05) is 17.1 Å². The van der Waals surface area contributed by atoms with Crippen LogP contribution in [-0.2, 0) is 6.54 Å². The molecule has 142 valence electrons. The predicted octanol–water partition coefficient (Wildman–Crippen LogP) is 5.74. The summed E-state index contributed by atoms with van der Waals surface area (Å²) in [6.07, 6.45) is 0. The number of methoxy groups -OCH3 is 1. The molecule has 1 heterocycles. The SMILES string of the molecule is COc1cccc(CNc2ccc(SNc3nc4ccccc4s3)cc2)c1O. The van der Waals surface area contributed by atoms with Gasteiger partial charge in [-0.2, -0.15) is 0 Å². The number of para-hydroxylation sites is 2. The molecule has 0 atom stereocenters. The lowest BCUT2D eigenvalue weighted by Crippen LogP contribution is -2.00. The number of hydrogen-bond acceptors (Lipinski definition) is 7. The Hall–Kier alpha value is -2.90. The van der Waals surface area contributed by atoms with Crippen LogP contribution in [0.3, 0.4) is 0 Å². The molecule has 0 saturated carbocycles. The van der Waals surface area contributed by atoms with Crippen molar-refractivity contribution in [1.29, 1.82) is 0 Å². The first kappa shape index (κ1) is 18.5. The van der Waals surface area contributed by atoms with Gasteiger partial charge in [0.2, 0.25) is 0 Å². The molecular weight excluding hydrogens is 390 g/mol. The van der Waals surface area contributed by atoms with Gasteiger partial charge >= 0.3 is 0 Å². The van der Waals surface area contributed by atoms with Crippen molar-refractivity contribution >= 4 is 44.3 Å². The molecular formula is C21H19N3O2S2. The molecule has 4 rings (SSSR count). The molecule has 0 fully saturated rings. The summed E-state index contributed by atoms with van der Waals surface area (Å²) in [5.74, 6) is 0.650. The van der Waals surface area contributed by atoms with Crippen molar-refractivity contribution in [1.82, 2.24) is 4.98 Å². The number of phenolic OH excluding ortho intramolecular Hbond substituents is 1. The maximum absolute atomic E-state index is 10.2. The summed E-state index contributed by atoms with van der Waals surface area (Å²) in [4.78, 5) is 5.66. The molecule has 4 aromatic rings. The van der Waals surface area contributed by atoms with Crippen LogP contribution in [-0.4, -0.2) is 17.2 Å². The van der Waals surface area contributed by atoms with Crippen LogP contribution in [0.5, 0.6) is 11.5 Å². The normalized spacial score (nSPS) is 10.8. The number of thiazole rings is 1. The van der Waals surface area contributed by atoms with Crippen molar-refractivity contribution in [2.24, 2.45) is 0 Å². The third-order valence-corrected chi connectivity index (χ3v) is 6.07. The summed E-state index contributed by atoms with van der Waals surface area (Å²) >= 11 is 3.17. The number of rotatable bonds is 7. The van der Waals surface area contributed by atoms with E-state index in [9.17, 15) is 5.11 Å². The minimum absolute atomic E-state index is 0.171. The predicted molar refractivity (Wildman–Crippen MR) is 118 cm³/mol. The summed E-state index contributed by atoms with van der Waals surface area (Å²) in [6.45, 7) is 0.513. The lowest BCUT2D eigenvalue weighted by molar-refractivity contribution is 0.371. The first-order chi connectivity index (χ1) is 13.7. The minimum Gasteiger partial charge on any atom is -0.504 e. The number of anilines is 2. The van der Waals surface area contributed by atoms with E-state index in [-0.39, 0.29) is 5.75 Å². The van der Waals surface area contributed by atoms with Gasteiger partial charge in [0.25, 0.3) is 0 Å². The number of aromatic hydroxyl groups is 1. The van der Waals surface area contributed by atoms with Crippen molar-refractivity contribution in [3.05, 3.63) is 72.3 Å². The lowest BCUT2D eigenvalue weighted by atomic mass is 10.2. The molecule has 0 radical (unpaired) electrons. The highest BCUT2D eigenvalue weighted by Crippen LogP contribution is 2.31. The van der Waals surface area contributed by atoms with E-state index < -0.39 is 0 Å². The monoisotopic (exact) mass is 409 g/mol. The highest BCUT2D eigenvalue weighted by Gasteiger charge is 2.07. The molecule has 3 N–H and O–H groups in total. The van der Waals surface area contributed by atoms with Gasteiger partial charge in [-0.05, 0) is 54.4 Å². The molecule has 28 heavy (non-hydrogen) atoms. The zero-order chi connectivity index (χ0) is 19.3. The molecule has 0 aliphatic rings. The van der Waals surface area contributed by atoms with E-state index in [1.165, 1.54) is 16.6 Å². The van der Waals surface area contributed by atoms with Crippen LogP contribution in [0.15, 0.2) is 71.6 Å². The Morgan fingerprint density at radius 2 is 1.86 bits per heavy atom. The second-order valence-corrected chi connectivity index (χ2v) is 7.95. The van der Waals surface area contributed by atoms with Crippen molar-refractivity contribution in [3.63, 3.8) is 0 Å². The van der Waals surface area contributed by atoms with Gasteiger partial charge in [0.1, 0.15) is 0 Å². The molecule has 0 aliphatic carbocycles. The number of fused-ring (bicyclic) bond motifs is 1. The van der Waals surface area contributed by atoms with E-state index in [1.807, 2.05) is 54.6 Å². The highest BCUT2D eigenvalue weighted by molar-refractivity contribution is 8.00. The largest absolute Gasteiger partial charge is 0.504 e. The quantitative estimate of drug-likeness (QED) is 0.338. The number of nitrogens with one attached hydrogen (secondary N) is 2. The molecule has 0 amide bonds. The topological polar surface area (TPSA) is 66.4 Å². The Morgan fingerprint density at radius 3 is 2.64 bits per heavy atom. The van der Waals surface area contributed by atoms with E-state index >= 15 is 0 Å². The van der Waals surface area contributed by atoms with Gasteiger partial charge in [0.05, 0.1) is 17.3 Å². The molecule has 0 spiro atoms. The van der Waals surface area contributed by atoms with Gasteiger partial charge < -0.3 is 19.9 Å². The summed E-state index contributed by atoms with van der Waals surface area (Å²) in [7, 11) is 1.55. The Kier molecular flexibility index (Phi) is 5.55. The first-order valence-electron chi connectivity index (χ1n) is 8.70. The number of benzene rings is 3. The fourth-order valence-corrected chi connectivity index (χ4v) is 4.26. The van der Waals surface area contributed by atoms with Crippen molar-refractivity contribution in [3.8, 4) is 11.5 Å². The van der Waals surface area contributed by atoms with Crippen LogP contribution in [0.2, 0.25) is 0 Å². The van der Waals surface area contributed by atoms with Crippen LogP contribution in [0, 0.1) is 0 Å². The van der Waals surface area contributed by atoms with E-state index in [1.54, 1.807) is 24.5 Å². The highest BCUT2D eigenvalue weighted by atomic mass is 32.2. The fraction of sp³-hybridized carbons (Fsp3) is 0.0952. The Morgan fingerprint density at radius 1 is 1.04 bits per heavy atom. The van der Waals surface area contributed by atoms with Gasteiger partial charge in [0, 0.05) is 22.7 Å². The van der Waals surface area contributed by atoms with Gasteiger partial charge in [0.15, 0.2) is 16.6 Å². The molecule has 0 bridgehead atoms. The summed E-state index contributed by atoms with van der Waals surface area (Å²) < 4.78 is 9.62. The molecule has 1 aromatic heterocycles. The average molecular weight is 410 g/mol. The van der Waals surface area contributed by atoms with E-state index in [0.717, 1.165) is 26.8 Å². The summed E-state index contributed by atoms with van der Waals surface area (Å²) in [5, 5.41) is 14.4. The van der Waals surface area contributed by atoms with Crippen LogP contribution in [0.25, 0.3) is 10.2 Å². The molecule has 0 unspecified atom stereocenters. The average Bonchev–Trinajstić information content (AvgIpc) is 3.15. The van der Waals surface area contributed by atoms with Gasteiger partial charge in [-0.3, -0.25) is 0 Å². The molecule has 5 nitrogen and oxygen atoms in total. The zero-order valence-electron chi connectivity index (χ0n) is 15.2. The number of nitrogens with zero attached hydrogens (tertiary/aromatic N) is 1. The summed E-state index contributed by atoms with van der Waals surface area (Å²) in [6, 6.07) is 21.7. The van der Waals surface area contributed by atoms with Gasteiger partial charge in [-0.1, -0.05) is 35.6 Å². The van der Waals surface area contributed by atoms with Crippen molar-refractivity contribution in [2.45, 2.75) is 11.4 Å². The van der Waals surface area contributed by atoms with E-state index in [0.29, 0.717) is 12.3 Å². The fourth-order valence-electron chi connectivity index (χ4n) is 2.73. The number of phenols is 1. The molecule has 7 heteroatoms. The number of hydrogen-bond donors (Lipinski definition) is 3. The van der Waals surface area contributed by atoms with Gasteiger partial charge in [-0.15, -0.1) is 0 Å². The van der Waals surface area contributed by atoms with E-state index in [2.05, 4.69) is 21.1 Å². The zero-order valence-corrected chi connectivity index (χ0v) is 16.8. The maximum Gasteiger partial charge on any atom is 0.194 e. The second-order valence-electron chi connectivity index (χ2n) is 6.04. The van der Waals surface area contributed by atoms with Crippen molar-refractivity contribution < 1.29 is 9.84 Å². The van der Waals surface area contributed by atoms with Crippen LogP contribution in [0.4, 0.5) is 10.8 Å². The lowest BCUT2D eigenvalue weighted by Gasteiger charge is -2.11. The molecule has 0 saturated heterocycles. The standard InChI is InChI=1S/C21H19N3O2S2/c1-26-18-7-4-5-14(20(18)25)13-22-15-9-11-16(12-10-15)28-24-21-23-17-6-2-3-8-19(17)27-21/h2-12,22,25H,13H2,1H3,(H,23,24). The summed E-state index contributed by atoms with van der Waals surface area (Å²) in [5.41, 5.74) is 2.78. The second kappa shape index (κ2) is 8.41. The third kappa shape index (κ3) is 4.16. The van der Waals surface area contributed by atoms with Crippen LogP contribution >= 0.6 is 23.3 Å². The van der Waals surface area contributed by atoms with Crippen LogP contribution < -0.4 is 14.8 Å². The molecule has 3 aromatic carbocycles. The maximum atomic E-state index is 10.2. The van der Waals surface area contributed by atoms with E-state index in [4.69, 9.17) is 4.74 Å². The molecule has 0 aliphatic heterocycles. The Labute approximate surface area is 171 Å². The minimum atomic E-state index is 0.171. The Balaban J connectivity index is 1.35. The number of ether oxygens (including phenoxy) is 1. The third-order valence-electron chi connectivity index (χ3n) is 4.19. The Bertz CT molecular complexity index is 1050. The van der Waals surface area contributed by atoms with Crippen LogP contribution in [0.1, 0.15) is 5.56 Å². The number of aromatic nitrogens is 1. The smallest absolute Gasteiger partial charge is 0.194 e.